The molecule has 146 valence electrons. The smallest absolute Gasteiger partial charge is 0.207 e. The first-order chi connectivity index (χ1) is 14.0. The summed E-state index contributed by atoms with van der Waals surface area (Å²) in [6, 6.07) is 24.1. The molecule has 4 aromatic rings. The van der Waals surface area contributed by atoms with Crippen LogP contribution in [0, 0.1) is 23.3 Å². The van der Waals surface area contributed by atoms with Crippen molar-refractivity contribution >= 4 is 55.3 Å². The maximum absolute atomic E-state index is 13.7. The summed E-state index contributed by atoms with van der Waals surface area (Å²) in [6.07, 6.45) is -1.94. The molecule has 0 radical (unpaired) electrons. The van der Waals surface area contributed by atoms with Gasteiger partial charge in [-0.15, -0.1) is 0 Å². The van der Waals surface area contributed by atoms with E-state index in [-0.39, 0.29) is 27.3 Å². The molecular formula is C24H16BF4Tl. The van der Waals surface area contributed by atoms with Crippen LogP contribution >= 0.6 is 0 Å². The monoisotopic (exact) mass is 596 g/mol. The van der Waals surface area contributed by atoms with Crippen LogP contribution in [0.5, 0.6) is 0 Å². The van der Waals surface area contributed by atoms with Gasteiger partial charge in [0.2, 0.25) is 0 Å². The van der Waals surface area contributed by atoms with Crippen molar-refractivity contribution in [3.8, 4) is 0 Å². The van der Waals surface area contributed by atoms with Crippen LogP contribution in [-0.4, -0.2) is 33.4 Å². The molecule has 0 aromatic heterocycles. The number of hydrogen-bond donors (Lipinski definition) is 0. The Morgan fingerprint density at radius 2 is 0.500 bits per heavy atom. The second-order valence-corrected chi connectivity index (χ2v) is 7.07. The summed E-state index contributed by atoms with van der Waals surface area (Å²) in [7, 11) is 0. The fourth-order valence-corrected chi connectivity index (χ4v) is 4.16. The van der Waals surface area contributed by atoms with E-state index >= 15 is 0 Å². The second-order valence-electron chi connectivity index (χ2n) is 7.07. The van der Waals surface area contributed by atoms with Crippen LogP contribution in [0.3, 0.4) is 0 Å². The van der Waals surface area contributed by atoms with E-state index in [1.807, 2.05) is 0 Å². The summed E-state index contributed by atoms with van der Waals surface area (Å²) in [4.78, 5) is 0. The molecular weight excluding hydrogens is 579 g/mol. The molecule has 0 N–H and O–H groups in total. The molecule has 4 rings (SSSR count). The predicted molar refractivity (Wildman–Crippen MR) is 116 cm³/mol. The van der Waals surface area contributed by atoms with Crippen molar-refractivity contribution in [1.82, 2.24) is 0 Å². The number of benzene rings is 4. The van der Waals surface area contributed by atoms with Crippen molar-refractivity contribution in [2.45, 2.75) is 0 Å². The van der Waals surface area contributed by atoms with E-state index in [2.05, 4.69) is 0 Å². The molecule has 0 saturated heterocycles. The van der Waals surface area contributed by atoms with E-state index < -0.39 is 29.4 Å². The Balaban J connectivity index is 0.00000256. The Morgan fingerprint density at radius 1 is 0.333 bits per heavy atom. The number of hydrogen-bond acceptors (Lipinski definition) is 0. The molecule has 4 aromatic carbocycles. The van der Waals surface area contributed by atoms with Crippen molar-refractivity contribution in [2.24, 2.45) is 0 Å². The van der Waals surface area contributed by atoms with E-state index in [9.17, 15) is 17.6 Å². The van der Waals surface area contributed by atoms with Crippen LogP contribution in [0.4, 0.5) is 17.6 Å². The van der Waals surface area contributed by atoms with Gasteiger partial charge in [0.25, 0.3) is 0 Å². The van der Waals surface area contributed by atoms with Gasteiger partial charge in [-0.1, -0.05) is 48.5 Å². The quantitative estimate of drug-likeness (QED) is 0.251. The minimum absolute atomic E-state index is 0. The molecule has 0 atom stereocenters. The normalized spacial score (nSPS) is 11.1. The van der Waals surface area contributed by atoms with Gasteiger partial charge < -0.3 is 0 Å². The van der Waals surface area contributed by atoms with Crippen LogP contribution in [0.1, 0.15) is 0 Å². The summed E-state index contributed by atoms with van der Waals surface area (Å²) in [5.41, 5.74) is 2.99. The zero-order valence-electron chi connectivity index (χ0n) is 15.9. The SMILES string of the molecule is Fc1ccc([B-](c2ccc(F)cc2)(c2ccc(F)cc2)c2ccc(F)cc2)cc1.[Tl+]. The molecule has 30 heavy (non-hydrogen) atoms. The first kappa shape index (κ1) is 22.3. The fraction of sp³-hybridized carbons (Fsp3) is 0. The molecule has 0 unspecified atom stereocenters. The van der Waals surface area contributed by atoms with Crippen molar-refractivity contribution in [3.63, 3.8) is 0 Å². The topological polar surface area (TPSA) is 0 Å². The zero-order chi connectivity index (χ0) is 20.4. The van der Waals surface area contributed by atoms with E-state index in [4.69, 9.17) is 0 Å². The van der Waals surface area contributed by atoms with Crippen molar-refractivity contribution in [2.75, 3.05) is 0 Å². The molecule has 0 fully saturated rings. The minimum atomic E-state index is -1.94. The Kier molecular flexibility index (Phi) is 6.80. The summed E-state index contributed by atoms with van der Waals surface area (Å²) in [6.45, 7) is 0. The van der Waals surface area contributed by atoms with Crippen LogP contribution in [0.15, 0.2) is 97.1 Å². The van der Waals surface area contributed by atoms with E-state index in [0.717, 1.165) is 21.9 Å². The molecule has 0 saturated carbocycles. The average Bonchev–Trinajstić information content (AvgIpc) is 2.73. The first-order valence-corrected chi connectivity index (χ1v) is 9.20. The van der Waals surface area contributed by atoms with E-state index in [0.29, 0.717) is 0 Å². The summed E-state index contributed by atoms with van der Waals surface area (Å²) >= 11 is 0. The molecule has 0 aliphatic carbocycles. The van der Waals surface area contributed by atoms with Gasteiger partial charge in [0, 0.05) is 0 Å². The standard InChI is InChI=1S/C24H16BF4.Tl/c26-21-9-1-17(2-10-21)25(18-3-11-22(27)12-4-18,19-5-13-23(28)14-6-19)20-7-15-24(29)16-8-20;/h1-16H;/q-1;+1. The molecule has 0 heterocycles. The predicted octanol–water partition coefficient (Wildman–Crippen LogP) is 3.24. The van der Waals surface area contributed by atoms with Gasteiger partial charge >= 0.3 is 27.3 Å². The van der Waals surface area contributed by atoms with Crippen LogP contribution < -0.4 is 21.9 Å². The average molecular weight is 596 g/mol. The Bertz CT molecular complexity index is 922. The van der Waals surface area contributed by atoms with E-state index in [1.165, 1.54) is 48.5 Å². The molecule has 0 aliphatic heterocycles. The Hall–Kier alpha value is -2.41. The Morgan fingerprint density at radius 3 is 0.667 bits per heavy atom. The van der Waals surface area contributed by atoms with Crippen LogP contribution in [0.25, 0.3) is 0 Å². The van der Waals surface area contributed by atoms with Crippen molar-refractivity contribution in [3.05, 3.63) is 120 Å². The molecule has 6 heteroatoms. The maximum Gasteiger partial charge on any atom is 1.00 e. The minimum Gasteiger partial charge on any atom is -0.207 e. The third-order valence-corrected chi connectivity index (χ3v) is 5.48. The Labute approximate surface area is 192 Å². The van der Waals surface area contributed by atoms with Gasteiger partial charge in [0.05, 0.1) is 0 Å². The third-order valence-electron chi connectivity index (χ3n) is 5.48. The number of rotatable bonds is 4. The molecule has 0 nitrogen and oxygen atoms in total. The molecule has 0 spiro atoms. The van der Waals surface area contributed by atoms with Gasteiger partial charge in [-0.25, -0.2) is 17.6 Å². The maximum atomic E-state index is 13.7. The van der Waals surface area contributed by atoms with Gasteiger partial charge in [-0.2, -0.15) is 21.9 Å². The fourth-order valence-electron chi connectivity index (χ4n) is 4.16. The van der Waals surface area contributed by atoms with Gasteiger partial charge in [-0.3, -0.25) is 0 Å². The summed E-state index contributed by atoms with van der Waals surface area (Å²) in [5, 5.41) is 0. The second kappa shape index (κ2) is 9.16. The van der Waals surface area contributed by atoms with Crippen LogP contribution in [0.2, 0.25) is 0 Å². The largest absolute Gasteiger partial charge is 1.00 e. The molecule has 0 aliphatic rings. The van der Waals surface area contributed by atoms with E-state index in [1.54, 1.807) is 48.5 Å². The zero-order valence-corrected chi connectivity index (χ0v) is 20.4. The summed E-state index contributed by atoms with van der Waals surface area (Å²) < 4.78 is 54.8. The molecule has 0 amide bonds. The van der Waals surface area contributed by atoms with Crippen molar-refractivity contribution < 1.29 is 17.6 Å². The third kappa shape index (κ3) is 4.08. The van der Waals surface area contributed by atoms with Gasteiger partial charge in [0.15, 0.2) is 0 Å². The first-order valence-electron chi connectivity index (χ1n) is 9.20. The van der Waals surface area contributed by atoms with Crippen LogP contribution in [-0.2, 0) is 0 Å². The molecule has 0 bridgehead atoms. The number of halogens is 4. The van der Waals surface area contributed by atoms with Gasteiger partial charge in [-0.05, 0) is 48.5 Å². The van der Waals surface area contributed by atoms with Crippen molar-refractivity contribution in [1.29, 1.82) is 0 Å². The van der Waals surface area contributed by atoms with Gasteiger partial charge in [0.1, 0.15) is 29.4 Å². The summed E-state index contributed by atoms with van der Waals surface area (Å²) in [5.74, 6) is -1.57.